The van der Waals surface area contributed by atoms with Crippen molar-refractivity contribution in [2.24, 2.45) is 0 Å². The van der Waals surface area contributed by atoms with Crippen LogP contribution in [0.15, 0.2) is 12.1 Å². The number of aryl methyl sites for hydroxylation is 2. The third kappa shape index (κ3) is 1.91. The largest absolute Gasteiger partial charge is 0.429 e. The van der Waals surface area contributed by atoms with Gasteiger partial charge in [0, 0.05) is 12.5 Å². The minimum Gasteiger partial charge on any atom is -0.429 e. The van der Waals surface area contributed by atoms with E-state index < -0.39 is 0 Å². The van der Waals surface area contributed by atoms with Crippen molar-refractivity contribution in [2.45, 2.75) is 26.7 Å². The maximum Gasteiger partial charge on any atom is 0.298 e. The summed E-state index contributed by atoms with van der Waals surface area (Å²) in [6, 6.07) is 3.61. The number of ether oxygens (including phenoxy) is 1. The Morgan fingerprint density at radius 2 is 2.31 bits per heavy atom. The van der Waals surface area contributed by atoms with Gasteiger partial charge in [-0.15, -0.1) is 0 Å². The lowest BCUT2D eigenvalue weighted by molar-refractivity contribution is -0.120. The SMILES string of the molecule is CCCc1nc2c(C)cc(OC=O)cc2[nH]1. The highest BCUT2D eigenvalue weighted by molar-refractivity contribution is 5.80. The molecule has 4 heteroatoms. The molecule has 0 saturated carbocycles. The van der Waals surface area contributed by atoms with Crippen LogP contribution in [0.1, 0.15) is 24.7 Å². The molecule has 0 amide bonds. The maximum atomic E-state index is 10.3. The highest BCUT2D eigenvalue weighted by atomic mass is 16.5. The molecule has 0 aliphatic carbocycles. The molecular weight excluding hydrogens is 204 g/mol. The fraction of sp³-hybridized carbons (Fsp3) is 0.333. The third-order valence-corrected chi connectivity index (χ3v) is 2.47. The van der Waals surface area contributed by atoms with Crippen LogP contribution in [0.5, 0.6) is 5.75 Å². The highest BCUT2D eigenvalue weighted by Crippen LogP contribution is 2.23. The number of hydrogen-bond acceptors (Lipinski definition) is 3. The molecule has 0 unspecified atom stereocenters. The van der Waals surface area contributed by atoms with Gasteiger partial charge in [0.1, 0.15) is 11.6 Å². The molecule has 4 nitrogen and oxygen atoms in total. The number of rotatable bonds is 4. The second-order valence-electron chi connectivity index (χ2n) is 3.78. The Kier molecular flexibility index (Phi) is 2.90. The summed E-state index contributed by atoms with van der Waals surface area (Å²) in [5.74, 6) is 1.52. The monoisotopic (exact) mass is 218 g/mol. The van der Waals surface area contributed by atoms with Gasteiger partial charge in [-0.1, -0.05) is 6.92 Å². The van der Waals surface area contributed by atoms with Crippen LogP contribution in [0.2, 0.25) is 0 Å². The van der Waals surface area contributed by atoms with Crippen molar-refractivity contribution in [2.75, 3.05) is 0 Å². The van der Waals surface area contributed by atoms with E-state index >= 15 is 0 Å². The molecule has 1 aromatic heterocycles. The molecule has 0 radical (unpaired) electrons. The van der Waals surface area contributed by atoms with Gasteiger partial charge >= 0.3 is 0 Å². The first kappa shape index (κ1) is 10.7. The van der Waals surface area contributed by atoms with E-state index in [1.165, 1.54) is 0 Å². The minimum absolute atomic E-state index is 0.434. The van der Waals surface area contributed by atoms with E-state index in [-0.39, 0.29) is 0 Å². The van der Waals surface area contributed by atoms with Gasteiger partial charge in [-0.05, 0) is 25.0 Å². The van der Waals surface area contributed by atoms with Crippen molar-refractivity contribution in [3.05, 3.63) is 23.5 Å². The van der Waals surface area contributed by atoms with Gasteiger partial charge in [0.2, 0.25) is 0 Å². The molecule has 0 fully saturated rings. The average molecular weight is 218 g/mol. The average Bonchev–Trinajstić information content (AvgIpc) is 2.62. The van der Waals surface area contributed by atoms with Gasteiger partial charge in [-0.25, -0.2) is 4.98 Å². The number of carbonyl (C=O) groups excluding carboxylic acids is 1. The standard InChI is InChI=1S/C12H14N2O2/c1-3-4-11-13-10-6-9(16-7-15)5-8(2)12(10)14-11/h5-7H,3-4H2,1-2H3,(H,13,14). The molecule has 16 heavy (non-hydrogen) atoms. The second-order valence-corrected chi connectivity index (χ2v) is 3.78. The first-order chi connectivity index (χ1) is 7.74. The summed E-state index contributed by atoms with van der Waals surface area (Å²) in [5.41, 5.74) is 2.87. The van der Waals surface area contributed by atoms with Crippen LogP contribution in [0, 0.1) is 6.92 Å². The summed E-state index contributed by atoms with van der Waals surface area (Å²) in [4.78, 5) is 18.0. The van der Waals surface area contributed by atoms with E-state index in [0.29, 0.717) is 12.2 Å². The van der Waals surface area contributed by atoms with E-state index in [0.717, 1.165) is 35.3 Å². The number of H-pyrrole nitrogens is 1. The molecule has 0 aliphatic heterocycles. The zero-order valence-electron chi connectivity index (χ0n) is 9.41. The highest BCUT2D eigenvalue weighted by Gasteiger charge is 2.07. The van der Waals surface area contributed by atoms with Crippen molar-refractivity contribution in [1.29, 1.82) is 0 Å². The number of imidazole rings is 1. The fourth-order valence-electron chi connectivity index (χ4n) is 1.79. The van der Waals surface area contributed by atoms with Gasteiger partial charge in [0.25, 0.3) is 6.47 Å². The molecule has 0 atom stereocenters. The van der Waals surface area contributed by atoms with Gasteiger partial charge in [-0.3, -0.25) is 4.79 Å². The van der Waals surface area contributed by atoms with Crippen molar-refractivity contribution in [3.8, 4) is 5.75 Å². The van der Waals surface area contributed by atoms with Crippen LogP contribution in [0.3, 0.4) is 0 Å². The van der Waals surface area contributed by atoms with E-state index in [1.807, 2.05) is 13.0 Å². The normalized spacial score (nSPS) is 10.6. The minimum atomic E-state index is 0.434. The Morgan fingerprint density at radius 1 is 1.50 bits per heavy atom. The number of fused-ring (bicyclic) bond motifs is 1. The third-order valence-electron chi connectivity index (χ3n) is 2.47. The van der Waals surface area contributed by atoms with Crippen LogP contribution in [0.4, 0.5) is 0 Å². The smallest absolute Gasteiger partial charge is 0.298 e. The predicted octanol–water partition coefficient (Wildman–Crippen LogP) is 2.36. The van der Waals surface area contributed by atoms with Crippen molar-refractivity contribution < 1.29 is 9.53 Å². The maximum absolute atomic E-state index is 10.3. The lowest BCUT2D eigenvalue weighted by Crippen LogP contribution is -1.89. The summed E-state index contributed by atoms with van der Waals surface area (Å²) in [6.07, 6.45) is 1.98. The second kappa shape index (κ2) is 4.35. The molecular formula is C12H14N2O2. The summed E-state index contributed by atoms with van der Waals surface area (Å²) >= 11 is 0. The van der Waals surface area contributed by atoms with E-state index in [9.17, 15) is 4.79 Å². The molecule has 0 bridgehead atoms. The zero-order chi connectivity index (χ0) is 11.5. The predicted molar refractivity (Wildman–Crippen MR) is 61.5 cm³/mol. The van der Waals surface area contributed by atoms with Crippen LogP contribution in [-0.2, 0) is 11.2 Å². The van der Waals surface area contributed by atoms with Gasteiger partial charge in [-0.2, -0.15) is 0 Å². The summed E-state index contributed by atoms with van der Waals surface area (Å²) in [6.45, 7) is 4.50. The van der Waals surface area contributed by atoms with E-state index in [2.05, 4.69) is 16.9 Å². The fourth-order valence-corrected chi connectivity index (χ4v) is 1.79. The first-order valence-corrected chi connectivity index (χ1v) is 5.34. The lowest BCUT2D eigenvalue weighted by Gasteiger charge is -1.99. The molecule has 0 aliphatic rings. The molecule has 2 rings (SSSR count). The Balaban J connectivity index is 2.49. The number of aromatic amines is 1. The lowest BCUT2D eigenvalue weighted by atomic mass is 10.2. The Hall–Kier alpha value is -1.84. The molecule has 2 aromatic rings. The number of aromatic nitrogens is 2. The number of hydrogen-bond donors (Lipinski definition) is 1. The number of nitrogens with one attached hydrogen (secondary N) is 1. The van der Waals surface area contributed by atoms with Gasteiger partial charge in [0.05, 0.1) is 11.0 Å². The quantitative estimate of drug-likeness (QED) is 0.801. The van der Waals surface area contributed by atoms with Gasteiger partial charge < -0.3 is 9.72 Å². The Morgan fingerprint density at radius 3 is 3.00 bits per heavy atom. The summed E-state index contributed by atoms with van der Waals surface area (Å²) in [7, 11) is 0. The molecule has 0 saturated heterocycles. The van der Waals surface area contributed by atoms with Crippen LogP contribution in [-0.4, -0.2) is 16.4 Å². The number of benzene rings is 1. The zero-order valence-corrected chi connectivity index (χ0v) is 9.41. The first-order valence-electron chi connectivity index (χ1n) is 5.34. The van der Waals surface area contributed by atoms with Crippen molar-refractivity contribution in [1.82, 2.24) is 9.97 Å². The molecule has 1 aromatic carbocycles. The van der Waals surface area contributed by atoms with Gasteiger partial charge in [0.15, 0.2) is 0 Å². The van der Waals surface area contributed by atoms with Crippen LogP contribution in [0.25, 0.3) is 11.0 Å². The van der Waals surface area contributed by atoms with Crippen LogP contribution >= 0.6 is 0 Å². The van der Waals surface area contributed by atoms with Crippen molar-refractivity contribution >= 4 is 17.5 Å². The van der Waals surface area contributed by atoms with Crippen molar-refractivity contribution in [3.63, 3.8) is 0 Å². The molecule has 84 valence electrons. The Bertz CT molecular complexity index is 517. The molecule has 1 N–H and O–H groups in total. The summed E-state index contributed by atoms with van der Waals surface area (Å²) in [5, 5.41) is 0. The Labute approximate surface area is 93.6 Å². The number of carbonyl (C=O) groups is 1. The van der Waals surface area contributed by atoms with E-state index in [1.54, 1.807) is 6.07 Å². The number of nitrogens with zero attached hydrogens (tertiary/aromatic N) is 1. The van der Waals surface area contributed by atoms with E-state index in [4.69, 9.17) is 4.74 Å². The van der Waals surface area contributed by atoms with Crippen LogP contribution < -0.4 is 4.74 Å². The summed E-state index contributed by atoms with van der Waals surface area (Å²) < 4.78 is 4.84. The molecule has 0 spiro atoms. The molecule has 1 heterocycles. The topological polar surface area (TPSA) is 55.0 Å².